The maximum absolute atomic E-state index is 12.5. The molecule has 4 rings (SSSR count). The van der Waals surface area contributed by atoms with Crippen molar-refractivity contribution in [3.8, 4) is 0 Å². The fourth-order valence-electron chi connectivity index (χ4n) is 3.80. The third-order valence-corrected chi connectivity index (χ3v) is 8.42. The molecule has 0 radical (unpaired) electrons. The largest absolute Gasteiger partial charge is 0.361 e. The summed E-state index contributed by atoms with van der Waals surface area (Å²) in [7, 11) is -2.05. The quantitative estimate of drug-likeness (QED) is 0.578. The monoisotopic (exact) mass is 432 g/mol. The first-order valence-electron chi connectivity index (χ1n) is 9.59. The van der Waals surface area contributed by atoms with Crippen molar-refractivity contribution < 1.29 is 13.2 Å². The minimum Gasteiger partial charge on any atom is -0.361 e. The highest BCUT2D eigenvalue weighted by Crippen LogP contribution is 2.33. The molecule has 0 saturated carbocycles. The van der Waals surface area contributed by atoms with Gasteiger partial charge in [0.25, 0.3) is 0 Å². The number of fused-ring (bicyclic) bond motifs is 1. The maximum atomic E-state index is 12.5. The first kappa shape index (κ1) is 19.9. The van der Waals surface area contributed by atoms with Gasteiger partial charge in [-0.15, -0.1) is 11.3 Å². The topological polar surface area (TPSA) is 94.3 Å². The molecule has 154 valence electrons. The number of aromatic amines is 1. The smallest absolute Gasteiger partial charge is 0.317 e. The molecular formula is C20H24N4O3S2. The van der Waals surface area contributed by atoms with Gasteiger partial charge in [0, 0.05) is 35.1 Å². The highest BCUT2D eigenvalue weighted by Gasteiger charge is 2.25. The Morgan fingerprint density at radius 1 is 1.21 bits per heavy atom. The summed E-state index contributed by atoms with van der Waals surface area (Å²) in [5.41, 5.74) is 2.48. The highest BCUT2D eigenvalue weighted by molar-refractivity contribution is 7.91. The van der Waals surface area contributed by atoms with Crippen LogP contribution in [0.15, 0.2) is 46.8 Å². The molecule has 1 aliphatic rings. The summed E-state index contributed by atoms with van der Waals surface area (Å²) < 4.78 is 26.2. The third kappa shape index (κ3) is 4.17. The molecule has 1 saturated heterocycles. The van der Waals surface area contributed by atoms with Crippen molar-refractivity contribution in [2.75, 3.05) is 20.1 Å². The number of urea groups is 1. The molecule has 9 heteroatoms. The van der Waals surface area contributed by atoms with Crippen LogP contribution < -0.4 is 10.0 Å². The van der Waals surface area contributed by atoms with Gasteiger partial charge in [-0.2, -0.15) is 0 Å². The lowest BCUT2D eigenvalue weighted by Gasteiger charge is -2.32. The number of sulfonamides is 1. The van der Waals surface area contributed by atoms with Crippen LogP contribution in [0.1, 0.15) is 29.2 Å². The van der Waals surface area contributed by atoms with Gasteiger partial charge < -0.3 is 15.2 Å². The molecular weight excluding hydrogens is 408 g/mol. The van der Waals surface area contributed by atoms with Gasteiger partial charge in [-0.1, -0.05) is 18.2 Å². The Kier molecular flexibility index (Phi) is 5.62. The number of hydrogen-bond acceptors (Lipinski definition) is 4. The number of H-pyrrole nitrogens is 1. The fraction of sp³-hybridized carbons (Fsp3) is 0.350. The Morgan fingerprint density at radius 3 is 2.72 bits per heavy atom. The van der Waals surface area contributed by atoms with Crippen LogP contribution in [0.4, 0.5) is 4.79 Å². The fourth-order valence-corrected chi connectivity index (χ4v) is 5.93. The first-order valence-corrected chi connectivity index (χ1v) is 11.9. The summed E-state index contributed by atoms with van der Waals surface area (Å²) in [6.45, 7) is 1.74. The van der Waals surface area contributed by atoms with Crippen LogP contribution in [0.3, 0.4) is 0 Å². The number of likely N-dealkylation sites (tertiary alicyclic amines) is 1. The van der Waals surface area contributed by atoms with E-state index in [0.717, 1.165) is 23.2 Å². The van der Waals surface area contributed by atoms with Gasteiger partial charge in [-0.25, -0.2) is 17.9 Å². The summed E-state index contributed by atoms with van der Waals surface area (Å²) >= 11 is 1.17. The number of nitrogens with zero attached hydrogens (tertiary/aromatic N) is 1. The Balaban J connectivity index is 1.31. The van der Waals surface area contributed by atoms with Crippen LogP contribution in [-0.4, -0.2) is 44.5 Å². The summed E-state index contributed by atoms with van der Waals surface area (Å²) in [4.78, 5) is 18.5. The van der Waals surface area contributed by atoms with E-state index >= 15 is 0 Å². The second kappa shape index (κ2) is 8.17. The van der Waals surface area contributed by atoms with E-state index in [2.05, 4.69) is 39.4 Å². The third-order valence-electron chi connectivity index (χ3n) is 5.43. The molecule has 1 aromatic carbocycles. The van der Waals surface area contributed by atoms with Crippen LogP contribution in [-0.2, 0) is 16.6 Å². The minimum atomic E-state index is -3.44. The molecule has 2 aromatic heterocycles. The van der Waals surface area contributed by atoms with Crippen molar-refractivity contribution in [2.45, 2.75) is 29.5 Å². The van der Waals surface area contributed by atoms with Crippen molar-refractivity contribution >= 4 is 38.3 Å². The van der Waals surface area contributed by atoms with Gasteiger partial charge in [0.15, 0.2) is 0 Å². The lowest BCUT2D eigenvalue weighted by Crippen LogP contribution is -2.43. The molecule has 29 heavy (non-hydrogen) atoms. The summed E-state index contributed by atoms with van der Waals surface area (Å²) in [6, 6.07) is 11.5. The second-order valence-corrected chi connectivity index (χ2v) is 10.4. The van der Waals surface area contributed by atoms with Crippen molar-refractivity contribution in [1.82, 2.24) is 19.9 Å². The zero-order valence-electron chi connectivity index (χ0n) is 16.1. The summed E-state index contributed by atoms with van der Waals surface area (Å²) in [6.07, 6.45) is 3.95. The molecule has 2 amide bonds. The van der Waals surface area contributed by atoms with Gasteiger partial charge in [-0.3, -0.25) is 0 Å². The number of rotatable bonds is 5. The van der Waals surface area contributed by atoms with Crippen LogP contribution in [0.5, 0.6) is 0 Å². The normalized spacial score (nSPS) is 15.7. The Morgan fingerprint density at radius 2 is 1.97 bits per heavy atom. The Bertz CT molecular complexity index is 1110. The number of carbonyl (C=O) groups is 1. The molecule has 0 bridgehead atoms. The van der Waals surface area contributed by atoms with Crippen molar-refractivity contribution in [3.63, 3.8) is 0 Å². The number of thiophene rings is 1. The number of para-hydroxylation sites is 1. The summed E-state index contributed by atoms with van der Waals surface area (Å²) in [5.74, 6) is 0.446. The molecule has 3 N–H and O–H groups in total. The van der Waals surface area contributed by atoms with Crippen molar-refractivity contribution in [2.24, 2.45) is 0 Å². The minimum absolute atomic E-state index is 0.103. The average Bonchev–Trinajstić information content (AvgIpc) is 3.40. The predicted molar refractivity (Wildman–Crippen MR) is 115 cm³/mol. The van der Waals surface area contributed by atoms with E-state index in [4.69, 9.17) is 0 Å². The number of carbonyl (C=O) groups excluding carboxylic acids is 1. The molecule has 0 unspecified atom stereocenters. The standard InChI is InChI=1S/C20H24N4O3S2/c1-21-29(26,27)19-7-6-15(28-19)12-23-20(25)24-10-8-14(9-11-24)17-13-22-18-5-3-2-4-16(17)18/h2-7,13-14,21-22H,8-12H2,1H3,(H,23,25). The van der Waals surface area contributed by atoms with E-state index in [1.807, 2.05) is 11.0 Å². The van der Waals surface area contributed by atoms with Crippen LogP contribution in [0.2, 0.25) is 0 Å². The Hall–Kier alpha value is -2.36. The van der Waals surface area contributed by atoms with E-state index < -0.39 is 10.0 Å². The number of benzene rings is 1. The predicted octanol–water partition coefficient (Wildman–Crippen LogP) is 3.23. The molecule has 0 spiro atoms. The van der Waals surface area contributed by atoms with Gasteiger partial charge in [0.2, 0.25) is 10.0 Å². The van der Waals surface area contributed by atoms with E-state index in [-0.39, 0.29) is 10.2 Å². The molecule has 0 atom stereocenters. The van der Waals surface area contributed by atoms with Crippen LogP contribution in [0.25, 0.3) is 10.9 Å². The summed E-state index contributed by atoms with van der Waals surface area (Å²) in [5, 5.41) is 4.17. The Labute approximate surface area is 174 Å². The number of nitrogens with one attached hydrogen (secondary N) is 3. The number of aromatic nitrogens is 1. The lowest BCUT2D eigenvalue weighted by atomic mass is 9.89. The van der Waals surface area contributed by atoms with Crippen LogP contribution >= 0.6 is 11.3 Å². The lowest BCUT2D eigenvalue weighted by molar-refractivity contribution is 0.181. The van der Waals surface area contributed by atoms with Gasteiger partial charge >= 0.3 is 6.03 Å². The molecule has 3 aromatic rings. The maximum Gasteiger partial charge on any atom is 0.317 e. The molecule has 7 nitrogen and oxygen atoms in total. The molecule has 1 aliphatic heterocycles. The van der Waals surface area contributed by atoms with Gasteiger partial charge in [0.1, 0.15) is 4.21 Å². The molecule has 0 aliphatic carbocycles. The molecule has 1 fully saturated rings. The van der Waals surface area contributed by atoms with E-state index in [9.17, 15) is 13.2 Å². The first-order chi connectivity index (χ1) is 14.0. The van der Waals surface area contributed by atoms with Gasteiger partial charge in [0.05, 0.1) is 6.54 Å². The zero-order chi connectivity index (χ0) is 20.4. The number of hydrogen-bond donors (Lipinski definition) is 3. The van der Waals surface area contributed by atoms with Crippen molar-refractivity contribution in [1.29, 1.82) is 0 Å². The van der Waals surface area contributed by atoms with E-state index in [1.165, 1.54) is 29.3 Å². The van der Waals surface area contributed by atoms with Crippen molar-refractivity contribution in [3.05, 3.63) is 53.0 Å². The zero-order valence-corrected chi connectivity index (χ0v) is 17.8. The average molecular weight is 433 g/mol. The molecule has 3 heterocycles. The number of amides is 2. The van der Waals surface area contributed by atoms with E-state index in [0.29, 0.717) is 25.6 Å². The van der Waals surface area contributed by atoms with Crippen LogP contribution in [0, 0.1) is 0 Å². The highest BCUT2D eigenvalue weighted by atomic mass is 32.2. The van der Waals surface area contributed by atoms with E-state index in [1.54, 1.807) is 12.1 Å². The number of piperidine rings is 1. The van der Waals surface area contributed by atoms with Gasteiger partial charge in [-0.05, 0) is 49.6 Å². The SMILES string of the molecule is CNS(=O)(=O)c1ccc(CNC(=O)N2CCC(c3c[nH]c4ccccc34)CC2)s1. The second-order valence-electron chi connectivity index (χ2n) is 7.14.